The molecular formula is C15H24N2O4. The average molecular weight is 296 g/mol. The Bertz CT molecular complexity index is 462. The lowest BCUT2D eigenvalue weighted by Crippen LogP contribution is -2.37. The van der Waals surface area contributed by atoms with Crippen molar-refractivity contribution in [3.63, 3.8) is 0 Å². The largest absolute Gasteiger partial charge is 0.465 e. The van der Waals surface area contributed by atoms with Crippen LogP contribution in [0.2, 0.25) is 0 Å². The highest BCUT2D eigenvalue weighted by atomic mass is 16.5. The molecule has 0 aromatic carbocycles. The molecule has 1 aliphatic heterocycles. The Labute approximate surface area is 125 Å². The second-order valence-corrected chi connectivity index (χ2v) is 5.46. The van der Waals surface area contributed by atoms with Crippen LogP contribution < -0.4 is 0 Å². The fourth-order valence-corrected chi connectivity index (χ4v) is 2.73. The van der Waals surface area contributed by atoms with Crippen LogP contribution in [-0.4, -0.2) is 35.9 Å². The zero-order valence-corrected chi connectivity index (χ0v) is 13.1. The smallest absolute Gasteiger partial charge is 0.321 e. The molecule has 1 saturated heterocycles. The maximum absolute atomic E-state index is 12.3. The van der Waals surface area contributed by atoms with Gasteiger partial charge in [-0.2, -0.15) is 4.98 Å². The molecular weight excluding hydrogens is 272 g/mol. The van der Waals surface area contributed by atoms with Gasteiger partial charge < -0.3 is 14.0 Å². The van der Waals surface area contributed by atoms with E-state index in [0.29, 0.717) is 37.1 Å². The molecule has 1 atom stereocenters. The second kappa shape index (κ2) is 7.02. The molecule has 21 heavy (non-hydrogen) atoms. The van der Waals surface area contributed by atoms with Crippen molar-refractivity contribution in [2.75, 3.05) is 19.8 Å². The van der Waals surface area contributed by atoms with E-state index < -0.39 is 5.41 Å². The van der Waals surface area contributed by atoms with Gasteiger partial charge >= 0.3 is 5.97 Å². The van der Waals surface area contributed by atoms with E-state index in [1.807, 2.05) is 13.8 Å². The number of rotatable bonds is 7. The first kappa shape index (κ1) is 15.9. The van der Waals surface area contributed by atoms with E-state index in [9.17, 15) is 4.79 Å². The maximum Gasteiger partial charge on any atom is 0.321 e. The average Bonchev–Trinajstić information content (AvgIpc) is 3.14. The van der Waals surface area contributed by atoms with Crippen LogP contribution in [0.25, 0.3) is 0 Å². The molecule has 2 heterocycles. The fraction of sp³-hybridized carbons (Fsp3) is 0.800. The van der Waals surface area contributed by atoms with E-state index in [0.717, 1.165) is 26.1 Å². The Balaban J connectivity index is 2.16. The number of hydrogen-bond donors (Lipinski definition) is 0. The molecule has 1 fully saturated rings. The van der Waals surface area contributed by atoms with E-state index >= 15 is 0 Å². The van der Waals surface area contributed by atoms with E-state index in [4.69, 9.17) is 14.0 Å². The Kier molecular flexibility index (Phi) is 5.33. The van der Waals surface area contributed by atoms with E-state index in [-0.39, 0.29) is 5.97 Å². The van der Waals surface area contributed by atoms with Crippen LogP contribution in [0.15, 0.2) is 4.52 Å². The summed E-state index contributed by atoms with van der Waals surface area (Å²) in [6.07, 6.45) is 2.91. The number of nitrogens with zero attached hydrogens (tertiary/aromatic N) is 2. The summed E-state index contributed by atoms with van der Waals surface area (Å²) < 4.78 is 15.9. The molecule has 0 radical (unpaired) electrons. The normalized spacial score (nSPS) is 18.9. The standard InChI is InChI=1S/C15H24N2O4/c1-4-15(5-2,14(18)20-6-3)13-16-12(17-21-13)9-11-7-8-19-10-11/h11H,4-10H2,1-3H3. The Morgan fingerprint density at radius 2 is 2.14 bits per heavy atom. The van der Waals surface area contributed by atoms with Gasteiger partial charge in [-0.25, -0.2) is 0 Å². The highest BCUT2D eigenvalue weighted by Gasteiger charge is 2.44. The highest BCUT2D eigenvalue weighted by Crippen LogP contribution is 2.32. The van der Waals surface area contributed by atoms with Crippen molar-refractivity contribution >= 4 is 5.97 Å². The Morgan fingerprint density at radius 3 is 2.71 bits per heavy atom. The molecule has 0 saturated carbocycles. The molecule has 0 N–H and O–H groups in total. The third-order valence-corrected chi connectivity index (χ3v) is 4.25. The molecule has 0 bridgehead atoms. The van der Waals surface area contributed by atoms with Crippen molar-refractivity contribution in [2.45, 2.75) is 51.9 Å². The number of carbonyl (C=O) groups is 1. The van der Waals surface area contributed by atoms with Crippen molar-refractivity contribution in [3.8, 4) is 0 Å². The first-order valence-electron chi connectivity index (χ1n) is 7.74. The van der Waals surface area contributed by atoms with Crippen LogP contribution in [0.3, 0.4) is 0 Å². The monoisotopic (exact) mass is 296 g/mol. The molecule has 0 aliphatic carbocycles. The van der Waals surface area contributed by atoms with Crippen molar-refractivity contribution in [3.05, 3.63) is 11.7 Å². The maximum atomic E-state index is 12.3. The summed E-state index contributed by atoms with van der Waals surface area (Å²) in [5.41, 5.74) is -0.826. The van der Waals surface area contributed by atoms with Crippen molar-refractivity contribution in [1.29, 1.82) is 0 Å². The highest BCUT2D eigenvalue weighted by molar-refractivity contribution is 5.81. The Hall–Kier alpha value is -1.43. The van der Waals surface area contributed by atoms with E-state index in [1.54, 1.807) is 6.92 Å². The molecule has 1 unspecified atom stereocenters. The predicted molar refractivity (Wildman–Crippen MR) is 75.8 cm³/mol. The molecule has 6 heteroatoms. The number of aromatic nitrogens is 2. The topological polar surface area (TPSA) is 74.5 Å². The van der Waals surface area contributed by atoms with Gasteiger partial charge in [-0.15, -0.1) is 0 Å². The van der Waals surface area contributed by atoms with Crippen LogP contribution >= 0.6 is 0 Å². The molecule has 6 nitrogen and oxygen atoms in total. The lowest BCUT2D eigenvalue weighted by Gasteiger charge is -2.24. The van der Waals surface area contributed by atoms with Crippen LogP contribution in [0, 0.1) is 5.92 Å². The van der Waals surface area contributed by atoms with Crippen LogP contribution in [-0.2, 0) is 26.1 Å². The minimum Gasteiger partial charge on any atom is -0.465 e. The van der Waals surface area contributed by atoms with Gasteiger partial charge in [-0.1, -0.05) is 19.0 Å². The summed E-state index contributed by atoms with van der Waals surface area (Å²) in [7, 11) is 0. The van der Waals surface area contributed by atoms with Crippen LogP contribution in [0.4, 0.5) is 0 Å². The molecule has 1 aromatic heterocycles. The number of ether oxygens (including phenoxy) is 2. The zero-order valence-electron chi connectivity index (χ0n) is 13.1. The number of carbonyl (C=O) groups excluding carboxylic acids is 1. The first-order chi connectivity index (χ1) is 10.2. The molecule has 2 rings (SSSR count). The van der Waals surface area contributed by atoms with Gasteiger partial charge in [-0.3, -0.25) is 4.79 Å². The summed E-state index contributed by atoms with van der Waals surface area (Å²) in [6, 6.07) is 0. The number of hydrogen-bond acceptors (Lipinski definition) is 6. The van der Waals surface area contributed by atoms with Gasteiger partial charge in [0.2, 0.25) is 5.89 Å². The fourth-order valence-electron chi connectivity index (χ4n) is 2.73. The summed E-state index contributed by atoms with van der Waals surface area (Å²) >= 11 is 0. The molecule has 1 aromatic rings. The molecule has 118 valence electrons. The second-order valence-electron chi connectivity index (χ2n) is 5.46. The molecule has 0 amide bonds. The van der Waals surface area contributed by atoms with Gasteiger partial charge in [0.05, 0.1) is 6.61 Å². The van der Waals surface area contributed by atoms with Crippen molar-refractivity contribution in [1.82, 2.24) is 10.1 Å². The minimum absolute atomic E-state index is 0.283. The van der Waals surface area contributed by atoms with Gasteiger partial charge in [0.25, 0.3) is 0 Å². The molecule has 1 aliphatic rings. The van der Waals surface area contributed by atoms with Gasteiger partial charge in [0.1, 0.15) is 5.41 Å². The quantitative estimate of drug-likeness (QED) is 0.719. The van der Waals surface area contributed by atoms with Crippen LogP contribution in [0.5, 0.6) is 0 Å². The van der Waals surface area contributed by atoms with Crippen molar-refractivity contribution < 1.29 is 18.8 Å². The molecule has 0 spiro atoms. The van der Waals surface area contributed by atoms with E-state index in [2.05, 4.69) is 10.1 Å². The summed E-state index contributed by atoms with van der Waals surface area (Å²) in [5.74, 6) is 1.18. The van der Waals surface area contributed by atoms with Gasteiger partial charge in [0.15, 0.2) is 5.82 Å². The summed E-state index contributed by atoms with van der Waals surface area (Å²) in [4.78, 5) is 16.8. The van der Waals surface area contributed by atoms with E-state index in [1.165, 1.54) is 0 Å². The Morgan fingerprint density at radius 1 is 1.38 bits per heavy atom. The van der Waals surface area contributed by atoms with Crippen LogP contribution in [0.1, 0.15) is 51.7 Å². The lowest BCUT2D eigenvalue weighted by atomic mass is 9.82. The summed E-state index contributed by atoms with van der Waals surface area (Å²) in [5, 5.41) is 4.03. The third-order valence-electron chi connectivity index (χ3n) is 4.25. The number of esters is 1. The predicted octanol–water partition coefficient (Wildman–Crippen LogP) is 2.27. The minimum atomic E-state index is -0.826. The zero-order chi connectivity index (χ0) is 15.3. The van der Waals surface area contributed by atoms with Crippen molar-refractivity contribution in [2.24, 2.45) is 5.92 Å². The first-order valence-corrected chi connectivity index (χ1v) is 7.74. The third kappa shape index (κ3) is 3.26. The van der Waals surface area contributed by atoms with Gasteiger partial charge in [-0.05, 0) is 32.1 Å². The summed E-state index contributed by atoms with van der Waals surface area (Å²) in [6.45, 7) is 7.57. The van der Waals surface area contributed by atoms with Gasteiger partial charge in [0, 0.05) is 19.6 Å². The SMILES string of the molecule is CCOC(=O)C(CC)(CC)c1nc(CC2CCOC2)no1. The lowest BCUT2D eigenvalue weighted by molar-refractivity contribution is -0.151.